The van der Waals surface area contributed by atoms with Crippen LogP contribution in [0.5, 0.6) is 0 Å². The Bertz CT molecular complexity index is 153. The Kier molecular flexibility index (Phi) is 6.96. The Labute approximate surface area is 79.0 Å². The van der Waals surface area contributed by atoms with E-state index in [1.807, 2.05) is 37.8 Å². The second kappa shape index (κ2) is 7.22. The van der Waals surface area contributed by atoms with E-state index in [2.05, 4.69) is 0 Å². The fourth-order valence-corrected chi connectivity index (χ4v) is 1.66. The molecule has 0 atom stereocenters. The van der Waals surface area contributed by atoms with E-state index < -0.39 is 0 Å². The van der Waals surface area contributed by atoms with Crippen molar-refractivity contribution >= 4 is 17.0 Å². The molecule has 12 heavy (non-hydrogen) atoms. The summed E-state index contributed by atoms with van der Waals surface area (Å²) in [5.74, 6) is 0.784. The van der Waals surface area contributed by atoms with E-state index in [0.717, 1.165) is 18.8 Å². The Morgan fingerprint density at radius 3 is 2.42 bits per heavy atom. The van der Waals surface area contributed by atoms with Gasteiger partial charge in [-0.2, -0.15) is 0 Å². The van der Waals surface area contributed by atoms with Crippen LogP contribution in [0.2, 0.25) is 0 Å². The van der Waals surface area contributed by atoms with Gasteiger partial charge in [-0.15, -0.1) is 0 Å². The van der Waals surface area contributed by atoms with Crippen LogP contribution in [-0.4, -0.2) is 29.0 Å². The predicted octanol–water partition coefficient (Wildman–Crippen LogP) is 2.76. The highest BCUT2D eigenvalue weighted by molar-refractivity contribution is 8.13. The Morgan fingerprint density at radius 2 is 2.00 bits per heavy atom. The van der Waals surface area contributed by atoms with Crippen LogP contribution in [-0.2, 0) is 0 Å². The lowest BCUT2D eigenvalue weighted by Crippen LogP contribution is -2.26. The lowest BCUT2D eigenvalue weighted by atomic mass is 10.6. The molecule has 0 radical (unpaired) electrons. The first-order valence-electron chi connectivity index (χ1n) is 4.29. The molecule has 0 N–H and O–H groups in total. The molecule has 0 fully saturated rings. The minimum absolute atomic E-state index is 0.179. The normalized spacial score (nSPS) is 10.6. The topological polar surface area (TPSA) is 20.3 Å². The molecule has 0 aromatic rings. The second-order valence-corrected chi connectivity index (χ2v) is 3.29. The third-order valence-electron chi connectivity index (χ3n) is 1.56. The molecule has 0 aliphatic rings. The van der Waals surface area contributed by atoms with Crippen molar-refractivity contribution in [3.8, 4) is 0 Å². The average molecular weight is 187 g/mol. The third kappa shape index (κ3) is 4.44. The van der Waals surface area contributed by atoms with E-state index >= 15 is 0 Å². The number of hydrogen-bond acceptors (Lipinski definition) is 2. The molecule has 0 rings (SSSR count). The van der Waals surface area contributed by atoms with Gasteiger partial charge in [-0.1, -0.05) is 23.9 Å². The largest absolute Gasteiger partial charge is 0.334 e. The van der Waals surface area contributed by atoms with Gasteiger partial charge in [-0.3, -0.25) is 4.79 Å². The zero-order valence-corrected chi connectivity index (χ0v) is 8.86. The summed E-state index contributed by atoms with van der Waals surface area (Å²) in [5.41, 5.74) is 0. The zero-order chi connectivity index (χ0) is 9.40. The van der Waals surface area contributed by atoms with Gasteiger partial charge in [0.15, 0.2) is 0 Å². The molecule has 0 unspecified atom stereocenters. The molecule has 3 heteroatoms. The van der Waals surface area contributed by atoms with Crippen LogP contribution in [0.3, 0.4) is 0 Å². The van der Waals surface area contributed by atoms with Crippen LogP contribution in [0.15, 0.2) is 12.2 Å². The summed E-state index contributed by atoms with van der Waals surface area (Å²) in [4.78, 5) is 13.2. The van der Waals surface area contributed by atoms with Gasteiger partial charge in [0.25, 0.3) is 5.24 Å². The quantitative estimate of drug-likeness (QED) is 0.631. The van der Waals surface area contributed by atoms with Crippen molar-refractivity contribution in [1.29, 1.82) is 0 Å². The van der Waals surface area contributed by atoms with Crippen molar-refractivity contribution in [2.45, 2.75) is 20.8 Å². The predicted molar refractivity (Wildman–Crippen MR) is 55.6 cm³/mol. The van der Waals surface area contributed by atoms with E-state index in [0.29, 0.717) is 0 Å². The van der Waals surface area contributed by atoms with E-state index in [-0.39, 0.29) is 5.24 Å². The number of amides is 1. The van der Waals surface area contributed by atoms with Crippen molar-refractivity contribution in [1.82, 2.24) is 4.90 Å². The third-order valence-corrected chi connectivity index (χ3v) is 2.42. The molecule has 0 aromatic heterocycles. The van der Waals surface area contributed by atoms with Crippen LogP contribution in [0.25, 0.3) is 0 Å². The van der Waals surface area contributed by atoms with E-state index in [4.69, 9.17) is 0 Å². The van der Waals surface area contributed by atoms with Crippen molar-refractivity contribution < 1.29 is 4.79 Å². The first-order chi connectivity index (χ1) is 5.76. The average Bonchev–Trinajstić information content (AvgIpc) is 2.07. The number of rotatable bonds is 4. The number of hydrogen-bond donors (Lipinski definition) is 0. The Balaban J connectivity index is 3.69. The van der Waals surface area contributed by atoms with Crippen molar-refractivity contribution in [2.75, 3.05) is 18.8 Å². The molecule has 0 saturated carbocycles. The van der Waals surface area contributed by atoms with Gasteiger partial charge in [0, 0.05) is 18.8 Å². The highest BCUT2D eigenvalue weighted by Gasteiger charge is 2.07. The summed E-state index contributed by atoms with van der Waals surface area (Å²) >= 11 is 1.36. The lowest BCUT2D eigenvalue weighted by Gasteiger charge is -2.16. The molecular formula is C9H17NOS. The fourth-order valence-electron chi connectivity index (χ4n) is 0.789. The maximum Gasteiger partial charge on any atom is 0.281 e. The molecular weight excluding hydrogens is 170 g/mol. The minimum Gasteiger partial charge on any atom is -0.334 e. The first-order valence-corrected chi connectivity index (χ1v) is 5.27. The highest BCUT2D eigenvalue weighted by Crippen LogP contribution is 2.08. The van der Waals surface area contributed by atoms with E-state index in [1.54, 1.807) is 0 Å². The summed E-state index contributed by atoms with van der Waals surface area (Å²) < 4.78 is 0. The van der Waals surface area contributed by atoms with Crippen LogP contribution >= 0.6 is 11.8 Å². The molecule has 0 aliphatic carbocycles. The lowest BCUT2D eigenvalue weighted by molar-refractivity contribution is 0.228. The number of carbonyl (C=O) groups is 1. The number of carbonyl (C=O) groups excluding carboxylic acids is 1. The van der Waals surface area contributed by atoms with Gasteiger partial charge in [-0.05, 0) is 20.8 Å². The van der Waals surface area contributed by atoms with Gasteiger partial charge < -0.3 is 4.90 Å². The molecule has 0 aromatic carbocycles. The van der Waals surface area contributed by atoms with Crippen molar-refractivity contribution in [3.05, 3.63) is 12.2 Å². The monoisotopic (exact) mass is 187 g/mol. The van der Waals surface area contributed by atoms with Crippen molar-refractivity contribution in [3.63, 3.8) is 0 Å². The van der Waals surface area contributed by atoms with Crippen LogP contribution in [0.1, 0.15) is 20.8 Å². The van der Waals surface area contributed by atoms with E-state index in [1.165, 1.54) is 11.8 Å². The van der Waals surface area contributed by atoms with Crippen LogP contribution in [0.4, 0.5) is 4.79 Å². The molecule has 70 valence electrons. The summed E-state index contributed by atoms with van der Waals surface area (Å²) in [5, 5.41) is 0.179. The summed E-state index contributed by atoms with van der Waals surface area (Å²) in [6, 6.07) is 0. The first kappa shape index (κ1) is 11.6. The molecule has 0 heterocycles. The zero-order valence-electron chi connectivity index (χ0n) is 8.04. The summed E-state index contributed by atoms with van der Waals surface area (Å²) in [6.45, 7) is 7.56. The van der Waals surface area contributed by atoms with Crippen molar-refractivity contribution in [2.24, 2.45) is 0 Å². The number of thioether (sulfide) groups is 1. The van der Waals surface area contributed by atoms with Gasteiger partial charge in [0.1, 0.15) is 0 Å². The van der Waals surface area contributed by atoms with Gasteiger partial charge in [-0.25, -0.2) is 0 Å². The second-order valence-electron chi connectivity index (χ2n) is 2.32. The number of allylic oxidation sites excluding steroid dienone is 1. The van der Waals surface area contributed by atoms with Gasteiger partial charge in [0.05, 0.1) is 0 Å². The van der Waals surface area contributed by atoms with Gasteiger partial charge >= 0.3 is 0 Å². The number of nitrogens with zero attached hydrogens (tertiary/aromatic N) is 1. The summed E-state index contributed by atoms with van der Waals surface area (Å²) in [6.07, 6.45) is 3.95. The van der Waals surface area contributed by atoms with Crippen LogP contribution in [0, 0.1) is 0 Å². The minimum atomic E-state index is 0.179. The van der Waals surface area contributed by atoms with Crippen LogP contribution < -0.4 is 0 Å². The molecule has 2 nitrogen and oxygen atoms in total. The van der Waals surface area contributed by atoms with E-state index in [9.17, 15) is 4.79 Å². The molecule has 0 saturated heterocycles. The molecule has 0 aliphatic heterocycles. The Hall–Kier alpha value is -0.440. The molecule has 0 spiro atoms. The highest BCUT2D eigenvalue weighted by atomic mass is 32.2. The Morgan fingerprint density at radius 1 is 1.42 bits per heavy atom. The fraction of sp³-hybridized carbons (Fsp3) is 0.667. The standard InChI is InChI=1S/C9H17NOS/c1-4-7-8-12-9(11)10(5-2)6-3/h4,7H,5-6,8H2,1-3H3/b7-4+. The molecule has 1 amide bonds. The maximum atomic E-state index is 11.3. The smallest absolute Gasteiger partial charge is 0.281 e. The molecule has 0 bridgehead atoms. The van der Waals surface area contributed by atoms with Gasteiger partial charge in [0.2, 0.25) is 0 Å². The SMILES string of the molecule is C/C=C/CSC(=O)N(CC)CC. The maximum absolute atomic E-state index is 11.3. The summed E-state index contributed by atoms with van der Waals surface area (Å²) in [7, 11) is 0.